The number of anilines is 7. The molecule has 60 heavy (non-hydrogen) atoms. The first-order chi connectivity index (χ1) is 28.8. The molecule has 5 N–H and O–H groups in total. The molecule has 320 valence electrons. The van der Waals surface area contributed by atoms with Crippen molar-refractivity contribution in [3.8, 4) is 0 Å². The molecule has 4 aliphatic rings. The smallest absolute Gasteiger partial charge is 0.228 e. The number of hydrogen-bond acceptors (Lipinski definition) is 16. The van der Waals surface area contributed by atoms with Gasteiger partial charge in [0.1, 0.15) is 11.0 Å². The number of aliphatic hydroxyl groups is 2. The lowest BCUT2D eigenvalue weighted by atomic mass is 10.1. The summed E-state index contributed by atoms with van der Waals surface area (Å²) in [6, 6.07) is 18.1. The summed E-state index contributed by atoms with van der Waals surface area (Å²) < 4.78 is 0. The minimum Gasteiger partial charge on any atom is -0.392 e. The zero-order valence-electron chi connectivity index (χ0n) is 34.0. The van der Waals surface area contributed by atoms with Crippen LogP contribution in [0.25, 0.3) is 20.7 Å². The second-order valence-electron chi connectivity index (χ2n) is 15.7. The van der Waals surface area contributed by atoms with E-state index in [1.54, 1.807) is 5.51 Å². The standard InChI is InChI=1S/C21H26N6OS.C16H16ClN5S.C5H11NO.ClH/c1-14-5-3-10-27(14)16-7-2-6-15(11-16)23-19-18-20(29-13-22-18)25-21(24-19)26-9-4-8-17(28)12-26;1-10-4-3-7-22(10)12-6-2-5-11(8-12)19-14-13-15(23-9-18-13)21-16(17)20-14;7-5-2-1-3-6-4-5;/h2,6-7,11,13-14,17,28H,3-5,8-10,12H2,1H3,(H,23,24,25);2,5-6,8-10H,3-4,7H2,1H3,(H,19,20,21);5-7H,1-4H2;1H/t14-,17?;10-;;/m00../s1. The largest absolute Gasteiger partial charge is 0.392 e. The number of thiazole rings is 2. The SMILES string of the molecule is C[C@H]1CCCN1c1cccc(Nc2nc(Cl)nc3scnc23)c1.C[C@H]1CCCN1c1cccc(Nc2nc(N3CCCC(O)C3)nc3scnc23)c1.Cl.OC1CCCNC1. The molecule has 18 heteroatoms. The molecule has 0 bridgehead atoms. The first-order valence-electron chi connectivity index (χ1n) is 20.7. The molecule has 6 aromatic rings. The maximum absolute atomic E-state index is 10.0. The highest BCUT2D eigenvalue weighted by Gasteiger charge is 2.24. The van der Waals surface area contributed by atoms with Crippen molar-refractivity contribution in [3.05, 3.63) is 64.8 Å². The van der Waals surface area contributed by atoms with Crippen molar-refractivity contribution in [3.63, 3.8) is 0 Å². The first-order valence-corrected chi connectivity index (χ1v) is 22.9. The Balaban J connectivity index is 0.000000157. The summed E-state index contributed by atoms with van der Waals surface area (Å²) in [5, 5.41) is 29.0. The highest BCUT2D eigenvalue weighted by molar-refractivity contribution is 7.16. The van der Waals surface area contributed by atoms with E-state index in [-0.39, 0.29) is 29.9 Å². The molecule has 8 heterocycles. The number of hydrogen-bond donors (Lipinski definition) is 5. The molecule has 0 aliphatic carbocycles. The van der Waals surface area contributed by atoms with Crippen LogP contribution in [0.2, 0.25) is 5.28 Å². The van der Waals surface area contributed by atoms with Gasteiger partial charge >= 0.3 is 0 Å². The summed E-state index contributed by atoms with van der Waals surface area (Å²) in [6.07, 6.45) is 8.49. The normalized spacial score (nSPS) is 21.5. The number of rotatable bonds is 7. The molecule has 0 radical (unpaired) electrons. The molecule has 14 nitrogen and oxygen atoms in total. The van der Waals surface area contributed by atoms with Crippen LogP contribution in [-0.4, -0.2) is 104 Å². The number of β-amino-alcohol motifs (C(OH)–C–C–N with tert-alkyl or cyclic N) is 2. The fraction of sp³-hybridized carbons (Fsp3) is 0.476. The lowest BCUT2D eigenvalue weighted by Gasteiger charge is -2.30. The van der Waals surface area contributed by atoms with Gasteiger partial charge in [0.05, 0.1) is 23.2 Å². The van der Waals surface area contributed by atoms with E-state index < -0.39 is 0 Å². The maximum Gasteiger partial charge on any atom is 0.228 e. The Bertz CT molecular complexity index is 2310. The van der Waals surface area contributed by atoms with E-state index in [1.165, 1.54) is 59.7 Å². The molecular formula is C42H54Cl2N12O2S2. The van der Waals surface area contributed by atoms with Gasteiger partial charge < -0.3 is 40.9 Å². The second kappa shape index (κ2) is 20.6. The number of aromatic nitrogens is 6. The van der Waals surface area contributed by atoms with E-state index in [4.69, 9.17) is 26.7 Å². The number of halogens is 2. The van der Waals surface area contributed by atoms with Gasteiger partial charge in [0.15, 0.2) is 21.3 Å². The van der Waals surface area contributed by atoms with Crippen LogP contribution < -0.4 is 30.7 Å². The Labute approximate surface area is 370 Å². The quantitative estimate of drug-likeness (QED) is 0.0971. The number of benzene rings is 2. The number of nitrogens with one attached hydrogen (secondary N) is 3. The van der Waals surface area contributed by atoms with Gasteiger partial charge in [0, 0.05) is 67.6 Å². The van der Waals surface area contributed by atoms with E-state index >= 15 is 0 Å². The predicted molar refractivity (Wildman–Crippen MR) is 250 cm³/mol. The van der Waals surface area contributed by atoms with Crippen LogP contribution in [0, 0.1) is 0 Å². The first kappa shape index (κ1) is 43.9. The van der Waals surface area contributed by atoms with E-state index in [2.05, 4.69) is 107 Å². The summed E-state index contributed by atoms with van der Waals surface area (Å²) in [6.45, 7) is 10.1. The lowest BCUT2D eigenvalue weighted by molar-refractivity contribution is 0.142. The van der Waals surface area contributed by atoms with Crippen LogP contribution >= 0.6 is 46.7 Å². The van der Waals surface area contributed by atoms with Crippen molar-refractivity contribution >= 4 is 108 Å². The topological polar surface area (TPSA) is 164 Å². The van der Waals surface area contributed by atoms with Gasteiger partial charge in [0.2, 0.25) is 11.2 Å². The molecule has 4 aromatic heterocycles. The average molecular weight is 894 g/mol. The van der Waals surface area contributed by atoms with Gasteiger partial charge in [-0.3, -0.25) is 0 Å². The Morgan fingerprint density at radius 2 is 1.27 bits per heavy atom. The molecule has 4 aliphatic heterocycles. The number of fused-ring (bicyclic) bond motifs is 2. The molecule has 0 amide bonds. The fourth-order valence-corrected chi connectivity index (χ4v) is 9.73. The summed E-state index contributed by atoms with van der Waals surface area (Å²) in [7, 11) is 0. The maximum atomic E-state index is 10.0. The monoisotopic (exact) mass is 892 g/mol. The zero-order valence-corrected chi connectivity index (χ0v) is 37.2. The Morgan fingerprint density at radius 1 is 0.700 bits per heavy atom. The van der Waals surface area contributed by atoms with Crippen LogP contribution in [0.5, 0.6) is 0 Å². The van der Waals surface area contributed by atoms with Crippen molar-refractivity contribution in [1.29, 1.82) is 0 Å². The van der Waals surface area contributed by atoms with Gasteiger partial charge in [-0.15, -0.1) is 35.1 Å². The molecular weight excluding hydrogens is 840 g/mol. The van der Waals surface area contributed by atoms with Crippen molar-refractivity contribution in [2.45, 2.75) is 89.5 Å². The summed E-state index contributed by atoms with van der Waals surface area (Å²) in [5.74, 6) is 2.03. The number of nitrogens with zero attached hydrogens (tertiary/aromatic N) is 9. The van der Waals surface area contributed by atoms with Crippen LogP contribution in [0.15, 0.2) is 59.6 Å². The van der Waals surface area contributed by atoms with Crippen LogP contribution in [0.4, 0.5) is 40.3 Å². The predicted octanol–water partition coefficient (Wildman–Crippen LogP) is 8.40. The van der Waals surface area contributed by atoms with Crippen LogP contribution in [0.1, 0.15) is 65.2 Å². The van der Waals surface area contributed by atoms with Crippen molar-refractivity contribution in [1.82, 2.24) is 35.2 Å². The molecule has 10 rings (SSSR count). The van der Waals surface area contributed by atoms with E-state index in [1.807, 2.05) is 11.6 Å². The van der Waals surface area contributed by atoms with Crippen LogP contribution in [-0.2, 0) is 0 Å². The van der Waals surface area contributed by atoms with E-state index in [9.17, 15) is 5.11 Å². The molecule has 4 atom stereocenters. The van der Waals surface area contributed by atoms with Gasteiger partial charge in [-0.25, -0.2) is 15.0 Å². The minimum atomic E-state index is -0.319. The average Bonchev–Trinajstić information content (AvgIpc) is 4.08. The third-order valence-corrected chi connectivity index (χ3v) is 12.9. The highest BCUT2D eigenvalue weighted by Crippen LogP contribution is 2.33. The zero-order chi connectivity index (χ0) is 40.7. The van der Waals surface area contributed by atoms with Gasteiger partial charge in [-0.1, -0.05) is 12.1 Å². The number of aliphatic hydroxyl groups excluding tert-OH is 2. The van der Waals surface area contributed by atoms with Gasteiger partial charge in [-0.2, -0.15) is 15.0 Å². The fourth-order valence-electron chi connectivity index (χ4n) is 8.20. The molecule has 4 fully saturated rings. The number of piperidine rings is 2. The third-order valence-electron chi connectivity index (χ3n) is 11.3. The summed E-state index contributed by atoms with van der Waals surface area (Å²) >= 11 is 8.98. The summed E-state index contributed by atoms with van der Waals surface area (Å²) in [4.78, 5) is 35.4. The molecule has 2 aromatic carbocycles. The Hall–Kier alpha value is -4.16. The van der Waals surface area contributed by atoms with Crippen LogP contribution in [0.3, 0.4) is 0 Å². The molecule has 2 unspecified atom stereocenters. The highest BCUT2D eigenvalue weighted by atomic mass is 35.5. The van der Waals surface area contributed by atoms with Crippen molar-refractivity contribution in [2.75, 3.05) is 64.6 Å². The van der Waals surface area contributed by atoms with Gasteiger partial charge in [-0.05, 0) is 120 Å². The lowest BCUT2D eigenvalue weighted by Crippen LogP contribution is -2.39. The Kier molecular flexibility index (Phi) is 15.1. The molecule has 0 saturated carbocycles. The molecule has 4 saturated heterocycles. The van der Waals surface area contributed by atoms with Crippen molar-refractivity contribution in [2.24, 2.45) is 0 Å². The van der Waals surface area contributed by atoms with E-state index in [0.717, 1.165) is 96.3 Å². The van der Waals surface area contributed by atoms with E-state index in [0.29, 0.717) is 30.4 Å². The second-order valence-corrected chi connectivity index (χ2v) is 17.7. The Morgan fingerprint density at radius 3 is 1.78 bits per heavy atom. The molecule has 0 spiro atoms. The van der Waals surface area contributed by atoms with Crippen molar-refractivity contribution < 1.29 is 10.2 Å². The van der Waals surface area contributed by atoms with Gasteiger partial charge in [0.25, 0.3) is 0 Å². The minimum absolute atomic E-state index is 0. The third kappa shape index (κ3) is 10.8. The summed E-state index contributed by atoms with van der Waals surface area (Å²) in [5.41, 5.74) is 9.54.